The molecule has 0 saturated carbocycles. The molecule has 0 atom stereocenters. The molecule has 1 aliphatic heterocycles. The molecule has 2 aromatic carbocycles. The zero-order valence-electron chi connectivity index (χ0n) is 16.5. The summed E-state index contributed by atoms with van der Waals surface area (Å²) in [6.45, 7) is 1.15. The quantitative estimate of drug-likeness (QED) is 0.479. The highest BCUT2D eigenvalue weighted by Gasteiger charge is 2.27. The zero-order chi connectivity index (χ0) is 21.4. The van der Waals surface area contributed by atoms with Gasteiger partial charge in [0.15, 0.2) is 6.61 Å². The fourth-order valence-electron chi connectivity index (χ4n) is 2.98. The van der Waals surface area contributed by atoms with E-state index in [2.05, 4.69) is 5.32 Å². The molecule has 0 aliphatic carbocycles. The van der Waals surface area contributed by atoms with Crippen LogP contribution in [0.2, 0.25) is 0 Å². The van der Waals surface area contributed by atoms with Crippen molar-refractivity contribution in [3.63, 3.8) is 0 Å². The summed E-state index contributed by atoms with van der Waals surface area (Å²) in [7, 11) is -3.53. The van der Waals surface area contributed by atoms with Crippen LogP contribution in [0.5, 0.6) is 5.75 Å². The van der Waals surface area contributed by atoms with E-state index in [9.17, 15) is 18.0 Å². The summed E-state index contributed by atoms with van der Waals surface area (Å²) in [5, 5.41) is 2.59. The predicted molar refractivity (Wildman–Crippen MR) is 110 cm³/mol. The minimum atomic E-state index is -3.53. The highest BCUT2D eigenvalue weighted by atomic mass is 32.2. The first-order valence-electron chi connectivity index (χ1n) is 9.69. The van der Waals surface area contributed by atoms with Gasteiger partial charge in [-0.3, -0.25) is 4.79 Å². The topological polar surface area (TPSA) is 102 Å². The number of amides is 1. The van der Waals surface area contributed by atoms with Crippen LogP contribution >= 0.6 is 0 Å². The van der Waals surface area contributed by atoms with Crippen LogP contribution in [0.25, 0.3) is 0 Å². The van der Waals surface area contributed by atoms with Crippen molar-refractivity contribution in [3.05, 3.63) is 60.2 Å². The van der Waals surface area contributed by atoms with Crippen LogP contribution in [0.3, 0.4) is 0 Å². The summed E-state index contributed by atoms with van der Waals surface area (Å²) >= 11 is 0. The highest BCUT2D eigenvalue weighted by Crippen LogP contribution is 2.21. The smallest absolute Gasteiger partial charge is 0.338 e. The molecule has 2 aromatic rings. The van der Waals surface area contributed by atoms with Crippen LogP contribution in [0.1, 0.15) is 23.2 Å². The van der Waals surface area contributed by atoms with E-state index >= 15 is 0 Å². The number of hydrogen-bond donors (Lipinski definition) is 1. The van der Waals surface area contributed by atoms with Crippen molar-refractivity contribution in [2.75, 3.05) is 32.8 Å². The molecule has 0 bridgehead atoms. The maximum atomic E-state index is 12.5. The summed E-state index contributed by atoms with van der Waals surface area (Å²) in [5.41, 5.74) is 0.176. The molecule has 0 unspecified atom stereocenters. The van der Waals surface area contributed by atoms with Crippen molar-refractivity contribution in [2.24, 2.45) is 0 Å². The number of carbonyl (C=O) groups excluding carboxylic acids is 2. The van der Waals surface area contributed by atoms with Gasteiger partial charge in [-0.15, -0.1) is 0 Å². The van der Waals surface area contributed by atoms with Crippen molar-refractivity contribution in [2.45, 2.75) is 17.7 Å². The molecular formula is C21H24N2O6S. The summed E-state index contributed by atoms with van der Waals surface area (Å²) in [6.07, 6.45) is 1.70. The van der Waals surface area contributed by atoms with Gasteiger partial charge in [0.25, 0.3) is 5.91 Å². The van der Waals surface area contributed by atoms with Crippen LogP contribution < -0.4 is 10.1 Å². The fraction of sp³-hybridized carbons (Fsp3) is 0.333. The van der Waals surface area contributed by atoms with Crippen molar-refractivity contribution in [1.29, 1.82) is 0 Å². The number of esters is 1. The third-order valence-electron chi connectivity index (χ3n) is 4.56. The van der Waals surface area contributed by atoms with E-state index in [4.69, 9.17) is 9.47 Å². The van der Waals surface area contributed by atoms with Gasteiger partial charge in [0.1, 0.15) is 12.4 Å². The third kappa shape index (κ3) is 5.80. The Morgan fingerprint density at radius 3 is 2.30 bits per heavy atom. The van der Waals surface area contributed by atoms with Gasteiger partial charge in [-0.2, -0.15) is 4.31 Å². The first-order valence-corrected chi connectivity index (χ1v) is 11.1. The molecular weight excluding hydrogens is 408 g/mol. The molecule has 1 aliphatic rings. The Morgan fingerprint density at radius 1 is 0.967 bits per heavy atom. The zero-order valence-corrected chi connectivity index (χ0v) is 17.3. The number of benzene rings is 2. The second kappa shape index (κ2) is 10.2. The lowest BCUT2D eigenvalue weighted by molar-refractivity contribution is -0.124. The van der Waals surface area contributed by atoms with Gasteiger partial charge in [-0.25, -0.2) is 13.2 Å². The fourth-order valence-corrected chi connectivity index (χ4v) is 4.50. The first-order chi connectivity index (χ1) is 14.5. The maximum Gasteiger partial charge on any atom is 0.338 e. The van der Waals surface area contributed by atoms with Gasteiger partial charge in [0.05, 0.1) is 17.0 Å². The van der Waals surface area contributed by atoms with E-state index in [0.717, 1.165) is 12.8 Å². The molecule has 30 heavy (non-hydrogen) atoms. The molecule has 1 amide bonds. The molecule has 1 heterocycles. The van der Waals surface area contributed by atoms with Gasteiger partial charge in [0.2, 0.25) is 10.0 Å². The summed E-state index contributed by atoms with van der Waals surface area (Å²) in [6, 6.07) is 14.7. The van der Waals surface area contributed by atoms with Crippen LogP contribution in [0.15, 0.2) is 59.5 Å². The minimum Gasteiger partial charge on any atom is -0.492 e. The van der Waals surface area contributed by atoms with Crippen molar-refractivity contribution in [1.82, 2.24) is 9.62 Å². The average Bonchev–Trinajstić information content (AvgIpc) is 3.32. The third-order valence-corrected chi connectivity index (χ3v) is 6.48. The van der Waals surface area contributed by atoms with Gasteiger partial charge in [0, 0.05) is 13.1 Å². The number of carbonyl (C=O) groups is 2. The number of nitrogens with zero attached hydrogens (tertiary/aromatic N) is 1. The van der Waals surface area contributed by atoms with Gasteiger partial charge < -0.3 is 14.8 Å². The normalized spacial score (nSPS) is 14.3. The standard InChI is InChI=1S/C21H24N2O6S/c24-20(22-12-15-28-18-6-2-1-3-7-18)16-29-21(25)17-8-10-19(11-9-17)30(26,27)23-13-4-5-14-23/h1-3,6-11H,4-5,12-16H2,(H,22,24). The van der Waals surface area contributed by atoms with Gasteiger partial charge in [-0.05, 0) is 49.2 Å². The summed E-state index contributed by atoms with van der Waals surface area (Å²) in [4.78, 5) is 24.0. The van der Waals surface area contributed by atoms with E-state index in [1.807, 2.05) is 30.3 Å². The molecule has 1 fully saturated rings. The Balaban J connectivity index is 1.41. The first kappa shape index (κ1) is 21.8. The molecule has 0 aromatic heterocycles. The SMILES string of the molecule is O=C(COC(=O)c1ccc(S(=O)(=O)N2CCCC2)cc1)NCCOc1ccccc1. The lowest BCUT2D eigenvalue weighted by atomic mass is 10.2. The van der Waals surface area contributed by atoms with Crippen LogP contribution in [-0.4, -0.2) is 57.4 Å². The molecule has 9 heteroatoms. The molecule has 3 rings (SSSR count). The Kier molecular flexibility index (Phi) is 7.42. The van der Waals surface area contributed by atoms with Gasteiger partial charge >= 0.3 is 5.97 Å². The van der Waals surface area contributed by atoms with Crippen LogP contribution in [0.4, 0.5) is 0 Å². The average molecular weight is 432 g/mol. The van der Waals surface area contributed by atoms with Gasteiger partial charge in [-0.1, -0.05) is 18.2 Å². The van der Waals surface area contributed by atoms with E-state index in [1.54, 1.807) is 0 Å². The van der Waals surface area contributed by atoms with Crippen molar-refractivity contribution < 1.29 is 27.5 Å². The molecule has 0 spiro atoms. The molecule has 160 valence electrons. The van der Waals surface area contributed by atoms with E-state index in [1.165, 1.54) is 28.6 Å². The second-order valence-electron chi connectivity index (χ2n) is 6.72. The second-order valence-corrected chi connectivity index (χ2v) is 8.66. The maximum absolute atomic E-state index is 12.5. The number of ether oxygens (including phenoxy) is 2. The van der Waals surface area contributed by atoms with Crippen LogP contribution in [0, 0.1) is 0 Å². The molecule has 1 N–H and O–H groups in total. The van der Waals surface area contributed by atoms with Crippen LogP contribution in [-0.2, 0) is 19.6 Å². The lowest BCUT2D eigenvalue weighted by Crippen LogP contribution is -2.32. The Hall–Kier alpha value is -2.91. The Labute approximate surface area is 175 Å². The van der Waals surface area contributed by atoms with Crippen molar-refractivity contribution in [3.8, 4) is 5.75 Å². The number of nitrogens with one attached hydrogen (secondary N) is 1. The summed E-state index contributed by atoms with van der Waals surface area (Å²) in [5.74, 6) is -0.447. The van der Waals surface area contributed by atoms with E-state index < -0.39 is 28.5 Å². The van der Waals surface area contributed by atoms with Crippen molar-refractivity contribution >= 4 is 21.9 Å². The predicted octanol–water partition coefficient (Wildman–Crippen LogP) is 1.82. The molecule has 8 nitrogen and oxygen atoms in total. The highest BCUT2D eigenvalue weighted by molar-refractivity contribution is 7.89. The van der Waals surface area contributed by atoms with E-state index in [0.29, 0.717) is 18.8 Å². The minimum absolute atomic E-state index is 0.136. The Morgan fingerprint density at radius 2 is 1.63 bits per heavy atom. The Bertz CT molecular complexity index is 955. The summed E-state index contributed by atoms with van der Waals surface area (Å²) < 4.78 is 36.9. The number of hydrogen-bond acceptors (Lipinski definition) is 6. The number of sulfonamides is 1. The largest absolute Gasteiger partial charge is 0.492 e. The monoisotopic (exact) mass is 432 g/mol. The molecule has 1 saturated heterocycles. The lowest BCUT2D eigenvalue weighted by Gasteiger charge is -2.15. The van der Waals surface area contributed by atoms with E-state index in [-0.39, 0.29) is 23.6 Å². The number of para-hydroxylation sites is 1. The molecule has 0 radical (unpaired) electrons. The number of rotatable bonds is 9.